The Bertz CT molecular complexity index is 431. The molecule has 0 amide bonds. The molecule has 0 saturated heterocycles. The smallest absolute Gasteiger partial charge is 0.242 e. The maximum atomic E-state index is 11.7. The Labute approximate surface area is 101 Å². The van der Waals surface area contributed by atoms with E-state index in [-0.39, 0.29) is 11.4 Å². The van der Waals surface area contributed by atoms with Gasteiger partial charge in [-0.1, -0.05) is 0 Å². The minimum absolute atomic E-state index is 0.148. The van der Waals surface area contributed by atoms with Crippen molar-refractivity contribution in [3.63, 3.8) is 0 Å². The van der Waals surface area contributed by atoms with Gasteiger partial charge in [-0.25, -0.2) is 18.1 Å². The van der Waals surface area contributed by atoms with E-state index in [2.05, 4.69) is 15.0 Å². The van der Waals surface area contributed by atoms with Crippen LogP contribution in [-0.4, -0.2) is 40.2 Å². The van der Waals surface area contributed by atoms with E-state index in [0.29, 0.717) is 12.4 Å². The number of sulfonamides is 1. The standard InChI is InChI=1S/C10H17N3O3S/c1-3-11-10-5-4-9(8-12-10)17(14,15)13-6-7-16-2/h4-5,8,13H,3,6-7H2,1-2H3,(H,11,12). The topological polar surface area (TPSA) is 80.3 Å². The molecule has 1 rings (SSSR count). The van der Waals surface area contributed by atoms with E-state index < -0.39 is 10.0 Å². The third-order valence-electron chi connectivity index (χ3n) is 2.00. The maximum Gasteiger partial charge on any atom is 0.242 e. The van der Waals surface area contributed by atoms with Gasteiger partial charge in [0, 0.05) is 26.4 Å². The summed E-state index contributed by atoms with van der Waals surface area (Å²) in [6.45, 7) is 3.26. The van der Waals surface area contributed by atoms with Crippen LogP contribution in [0.5, 0.6) is 0 Å². The number of rotatable bonds is 7. The number of aromatic nitrogens is 1. The van der Waals surface area contributed by atoms with Crippen molar-refractivity contribution in [2.24, 2.45) is 0 Å². The predicted molar refractivity (Wildman–Crippen MR) is 65.5 cm³/mol. The highest BCUT2D eigenvalue weighted by atomic mass is 32.2. The normalized spacial score (nSPS) is 11.4. The largest absolute Gasteiger partial charge is 0.383 e. The second kappa shape index (κ2) is 6.53. The lowest BCUT2D eigenvalue weighted by molar-refractivity contribution is 0.204. The number of ether oxygens (including phenoxy) is 1. The molecule has 0 atom stereocenters. The Morgan fingerprint density at radius 3 is 2.71 bits per heavy atom. The fourth-order valence-corrected chi connectivity index (χ4v) is 2.14. The maximum absolute atomic E-state index is 11.7. The van der Waals surface area contributed by atoms with Crippen molar-refractivity contribution in [1.29, 1.82) is 0 Å². The summed E-state index contributed by atoms with van der Waals surface area (Å²) in [7, 11) is -1.97. The van der Waals surface area contributed by atoms with Gasteiger partial charge in [0.25, 0.3) is 0 Å². The van der Waals surface area contributed by atoms with E-state index in [1.165, 1.54) is 19.4 Å². The molecule has 17 heavy (non-hydrogen) atoms. The molecule has 1 aromatic rings. The highest BCUT2D eigenvalue weighted by Crippen LogP contribution is 2.09. The van der Waals surface area contributed by atoms with E-state index in [9.17, 15) is 8.42 Å². The van der Waals surface area contributed by atoms with Gasteiger partial charge in [-0.05, 0) is 19.1 Å². The minimum atomic E-state index is -3.48. The molecule has 96 valence electrons. The predicted octanol–water partition coefficient (Wildman–Crippen LogP) is 0.438. The first-order valence-corrected chi connectivity index (χ1v) is 6.77. The highest BCUT2D eigenvalue weighted by molar-refractivity contribution is 7.89. The Morgan fingerprint density at radius 2 is 2.18 bits per heavy atom. The summed E-state index contributed by atoms with van der Waals surface area (Å²) < 4.78 is 30.7. The number of nitrogens with zero attached hydrogens (tertiary/aromatic N) is 1. The molecule has 0 bridgehead atoms. The van der Waals surface area contributed by atoms with Gasteiger partial charge in [0.15, 0.2) is 0 Å². The molecule has 0 aliphatic rings. The van der Waals surface area contributed by atoms with Gasteiger partial charge in [-0.3, -0.25) is 0 Å². The Balaban J connectivity index is 2.71. The van der Waals surface area contributed by atoms with Gasteiger partial charge in [0.1, 0.15) is 10.7 Å². The third-order valence-corrected chi connectivity index (χ3v) is 3.45. The van der Waals surface area contributed by atoms with Crippen LogP contribution in [0.25, 0.3) is 0 Å². The van der Waals surface area contributed by atoms with Crippen molar-refractivity contribution in [2.45, 2.75) is 11.8 Å². The highest BCUT2D eigenvalue weighted by Gasteiger charge is 2.13. The lowest BCUT2D eigenvalue weighted by atomic mass is 10.4. The van der Waals surface area contributed by atoms with Crippen molar-refractivity contribution < 1.29 is 13.2 Å². The van der Waals surface area contributed by atoms with Crippen LogP contribution in [0.15, 0.2) is 23.2 Å². The van der Waals surface area contributed by atoms with Crippen LogP contribution in [0.3, 0.4) is 0 Å². The van der Waals surface area contributed by atoms with Gasteiger partial charge in [0.2, 0.25) is 10.0 Å². The summed E-state index contributed by atoms with van der Waals surface area (Å²) in [6.07, 6.45) is 1.33. The fourth-order valence-electron chi connectivity index (χ4n) is 1.19. The molecule has 6 nitrogen and oxygen atoms in total. The Kier molecular flexibility index (Phi) is 5.33. The Morgan fingerprint density at radius 1 is 1.41 bits per heavy atom. The van der Waals surface area contributed by atoms with Crippen molar-refractivity contribution >= 4 is 15.8 Å². The third kappa shape index (κ3) is 4.29. The number of nitrogens with one attached hydrogen (secondary N) is 2. The molecular formula is C10H17N3O3S. The van der Waals surface area contributed by atoms with Gasteiger partial charge in [-0.15, -0.1) is 0 Å². The molecule has 1 heterocycles. The van der Waals surface area contributed by atoms with Crippen LogP contribution in [-0.2, 0) is 14.8 Å². The van der Waals surface area contributed by atoms with Gasteiger partial charge in [-0.2, -0.15) is 0 Å². The van der Waals surface area contributed by atoms with E-state index >= 15 is 0 Å². The zero-order valence-electron chi connectivity index (χ0n) is 9.93. The second-order valence-corrected chi connectivity index (χ2v) is 5.07. The van der Waals surface area contributed by atoms with Crippen LogP contribution in [0.1, 0.15) is 6.92 Å². The zero-order valence-corrected chi connectivity index (χ0v) is 10.8. The molecule has 0 fully saturated rings. The lowest BCUT2D eigenvalue weighted by Crippen LogP contribution is -2.27. The quantitative estimate of drug-likeness (QED) is 0.694. The number of pyridine rings is 1. The number of methoxy groups -OCH3 is 1. The van der Waals surface area contributed by atoms with Crippen LogP contribution < -0.4 is 10.0 Å². The SMILES string of the molecule is CCNc1ccc(S(=O)(=O)NCCOC)cn1. The molecule has 2 N–H and O–H groups in total. The molecule has 0 unspecified atom stereocenters. The fraction of sp³-hybridized carbons (Fsp3) is 0.500. The van der Waals surface area contributed by atoms with Gasteiger partial charge in [0.05, 0.1) is 6.61 Å². The number of hydrogen-bond donors (Lipinski definition) is 2. The van der Waals surface area contributed by atoms with Crippen molar-refractivity contribution in [1.82, 2.24) is 9.71 Å². The monoisotopic (exact) mass is 259 g/mol. The van der Waals surface area contributed by atoms with Crippen molar-refractivity contribution in [3.05, 3.63) is 18.3 Å². The second-order valence-electron chi connectivity index (χ2n) is 3.30. The van der Waals surface area contributed by atoms with Crippen molar-refractivity contribution in [3.8, 4) is 0 Å². The summed E-state index contributed by atoms with van der Waals surface area (Å²) in [4.78, 5) is 4.15. The summed E-state index contributed by atoms with van der Waals surface area (Å²) in [5, 5.41) is 2.99. The van der Waals surface area contributed by atoms with E-state index in [1.807, 2.05) is 6.92 Å². The van der Waals surface area contributed by atoms with Gasteiger partial charge >= 0.3 is 0 Å². The summed E-state index contributed by atoms with van der Waals surface area (Å²) in [5.41, 5.74) is 0. The van der Waals surface area contributed by atoms with Crippen LogP contribution in [0, 0.1) is 0 Å². The van der Waals surface area contributed by atoms with E-state index in [0.717, 1.165) is 6.54 Å². The number of anilines is 1. The molecule has 1 aromatic heterocycles. The summed E-state index contributed by atoms with van der Waals surface area (Å²) in [5.74, 6) is 0.656. The summed E-state index contributed by atoms with van der Waals surface area (Å²) in [6, 6.07) is 3.15. The molecule has 0 aliphatic carbocycles. The molecule has 0 aliphatic heterocycles. The molecular weight excluding hydrogens is 242 g/mol. The van der Waals surface area contributed by atoms with Crippen LogP contribution in [0.2, 0.25) is 0 Å². The average molecular weight is 259 g/mol. The molecule has 0 radical (unpaired) electrons. The van der Waals surface area contributed by atoms with E-state index in [1.54, 1.807) is 6.07 Å². The summed E-state index contributed by atoms with van der Waals surface area (Å²) >= 11 is 0. The van der Waals surface area contributed by atoms with E-state index in [4.69, 9.17) is 4.74 Å². The average Bonchev–Trinajstić information content (AvgIpc) is 2.30. The van der Waals surface area contributed by atoms with Crippen LogP contribution in [0.4, 0.5) is 5.82 Å². The molecule has 0 spiro atoms. The molecule has 0 aromatic carbocycles. The zero-order chi connectivity index (χ0) is 12.7. The van der Waals surface area contributed by atoms with Crippen molar-refractivity contribution in [2.75, 3.05) is 32.1 Å². The minimum Gasteiger partial charge on any atom is -0.383 e. The van der Waals surface area contributed by atoms with Crippen LogP contribution >= 0.6 is 0 Å². The first-order valence-electron chi connectivity index (χ1n) is 5.28. The first kappa shape index (κ1) is 13.9. The van der Waals surface area contributed by atoms with Gasteiger partial charge < -0.3 is 10.1 Å². The number of hydrogen-bond acceptors (Lipinski definition) is 5. The molecule has 7 heteroatoms. The first-order chi connectivity index (χ1) is 8.10. The Hall–Kier alpha value is -1.18. The molecule has 0 saturated carbocycles. The lowest BCUT2D eigenvalue weighted by Gasteiger charge is -2.07.